The highest BCUT2D eigenvalue weighted by Gasteiger charge is 2.42. The van der Waals surface area contributed by atoms with E-state index in [9.17, 15) is 37.2 Å². The number of hydrogen-bond donors (Lipinski definition) is 3. The number of alkyl halides is 3. The molecule has 1 heterocycles. The van der Waals surface area contributed by atoms with Gasteiger partial charge in [-0.15, -0.1) is 0 Å². The number of amides is 2. The van der Waals surface area contributed by atoms with Crippen LogP contribution < -0.4 is 10.2 Å². The molecule has 1 saturated heterocycles. The van der Waals surface area contributed by atoms with E-state index in [0.29, 0.717) is 17.0 Å². The summed E-state index contributed by atoms with van der Waals surface area (Å²) in [6, 6.07) is 19.2. The average Bonchev–Trinajstić information content (AvgIpc) is 3.41. The zero-order valence-electron chi connectivity index (χ0n) is 24.8. The summed E-state index contributed by atoms with van der Waals surface area (Å²) in [5.74, 6) is -0.713. The summed E-state index contributed by atoms with van der Waals surface area (Å²) in [7, 11) is -1.68. The SMILES string of the molecule is CC(C)CN(C[C@@H](O)[C@H](Cc1ccccc1)NC(=O)[C@@H]1CN(c2ccccc2C(F)(F)F)C(=O)O1)S(=O)c1ccc(CO)cc1. The van der Waals surface area contributed by atoms with E-state index in [0.717, 1.165) is 22.6 Å². The van der Waals surface area contributed by atoms with Crippen LogP contribution in [0, 0.1) is 5.92 Å². The van der Waals surface area contributed by atoms with E-state index in [1.165, 1.54) is 12.1 Å². The molecule has 1 aliphatic rings. The number of benzene rings is 3. The fourth-order valence-electron chi connectivity index (χ4n) is 4.99. The van der Waals surface area contributed by atoms with Crippen molar-refractivity contribution < 1.29 is 41.9 Å². The first-order valence-corrected chi connectivity index (χ1v) is 15.5. The molecule has 3 aromatic rings. The molecule has 1 unspecified atom stereocenters. The van der Waals surface area contributed by atoms with Gasteiger partial charge in [0.05, 0.1) is 41.4 Å². The summed E-state index contributed by atoms with van der Waals surface area (Å²) in [4.78, 5) is 27.3. The maximum atomic E-state index is 13.6. The topological polar surface area (TPSA) is 119 Å². The Bertz CT molecular complexity index is 1470. The molecular formula is C32H36F3N3O6S. The largest absolute Gasteiger partial charge is 0.434 e. The zero-order valence-corrected chi connectivity index (χ0v) is 25.6. The summed E-state index contributed by atoms with van der Waals surface area (Å²) < 4.78 is 61.2. The van der Waals surface area contributed by atoms with Crippen LogP contribution in [-0.4, -0.2) is 68.6 Å². The normalized spacial score (nSPS) is 17.3. The van der Waals surface area contributed by atoms with Gasteiger partial charge in [0.25, 0.3) is 5.91 Å². The van der Waals surface area contributed by atoms with Gasteiger partial charge in [0, 0.05) is 13.1 Å². The number of anilines is 1. The molecule has 2 amide bonds. The molecule has 3 aromatic carbocycles. The van der Waals surface area contributed by atoms with E-state index in [2.05, 4.69) is 5.32 Å². The number of carbonyl (C=O) groups excluding carboxylic acids is 2. The minimum absolute atomic E-state index is 0.0727. The van der Waals surface area contributed by atoms with Crippen LogP contribution in [0.3, 0.4) is 0 Å². The van der Waals surface area contributed by atoms with Crippen molar-refractivity contribution in [1.82, 2.24) is 9.62 Å². The molecule has 0 spiro atoms. The smallest absolute Gasteiger partial charge is 0.418 e. The highest BCUT2D eigenvalue weighted by molar-refractivity contribution is 7.82. The number of para-hydroxylation sites is 1. The first-order chi connectivity index (χ1) is 21.4. The van der Waals surface area contributed by atoms with Crippen molar-refractivity contribution in [1.29, 1.82) is 0 Å². The highest BCUT2D eigenvalue weighted by atomic mass is 32.2. The van der Waals surface area contributed by atoms with Crippen LogP contribution in [0.2, 0.25) is 0 Å². The van der Waals surface area contributed by atoms with Crippen molar-refractivity contribution in [3.63, 3.8) is 0 Å². The molecule has 0 aliphatic carbocycles. The van der Waals surface area contributed by atoms with Crippen LogP contribution in [0.15, 0.2) is 83.8 Å². The minimum Gasteiger partial charge on any atom is -0.434 e. The standard InChI is InChI=1S/C32H36F3N3O6S/c1-21(2)17-37(45(43)24-14-12-23(20-39)13-15-24)18-28(40)26(16-22-8-4-3-5-9-22)36-30(41)29-19-38(31(42)44-29)27-11-7-6-10-25(27)32(33,34)35/h3-15,21,26,28-29,39-40H,16-20H2,1-2H3,(H,36,41)/t26-,28+,29-,45?/m0/s1. The Morgan fingerprint density at radius 2 is 1.67 bits per heavy atom. The van der Waals surface area contributed by atoms with Gasteiger partial charge in [0.15, 0.2) is 6.10 Å². The van der Waals surface area contributed by atoms with E-state index < -0.39 is 65.2 Å². The van der Waals surface area contributed by atoms with Gasteiger partial charge >= 0.3 is 12.3 Å². The molecule has 0 bridgehead atoms. The Kier molecular flexibility index (Phi) is 11.4. The third-order valence-electron chi connectivity index (χ3n) is 7.20. The molecular weight excluding hydrogens is 611 g/mol. The second-order valence-electron chi connectivity index (χ2n) is 11.2. The minimum atomic E-state index is -4.73. The molecule has 1 fully saturated rings. The van der Waals surface area contributed by atoms with Crippen molar-refractivity contribution in [2.75, 3.05) is 24.5 Å². The summed E-state index contributed by atoms with van der Waals surface area (Å²) in [5.41, 5.74) is -0.0262. The number of nitrogens with one attached hydrogen (secondary N) is 1. The molecule has 0 radical (unpaired) electrons. The molecule has 45 heavy (non-hydrogen) atoms. The summed E-state index contributed by atoms with van der Waals surface area (Å²) in [6.45, 7) is 3.51. The Labute approximate surface area is 262 Å². The number of nitrogens with zero attached hydrogens (tertiary/aromatic N) is 2. The fraction of sp³-hybridized carbons (Fsp3) is 0.375. The van der Waals surface area contributed by atoms with E-state index in [1.807, 2.05) is 32.0 Å². The monoisotopic (exact) mass is 647 g/mol. The Morgan fingerprint density at radius 1 is 1.02 bits per heavy atom. The number of rotatable bonds is 13. The number of halogens is 3. The van der Waals surface area contributed by atoms with E-state index in [-0.39, 0.29) is 25.5 Å². The van der Waals surface area contributed by atoms with Crippen LogP contribution in [0.5, 0.6) is 0 Å². The molecule has 9 nitrogen and oxygen atoms in total. The molecule has 4 rings (SSSR count). The molecule has 0 saturated carbocycles. The Morgan fingerprint density at radius 3 is 2.29 bits per heavy atom. The van der Waals surface area contributed by atoms with Gasteiger partial charge in [-0.2, -0.15) is 13.2 Å². The van der Waals surface area contributed by atoms with Crippen molar-refractivity contribution in [3.05, 3.63) is 95.6 Å². The van der Waals surface area contributed by atoms with E-state index in [1.54, 1.807) is 40.7 Å². The highest BCUT2D eigenvalue weighted by Crippen LogP contribution is 2.37. The quantitative estimate of drug-likeness (QED) is 0.255. The maximum Gasteiger partial charge on any atom is 0.418 e. The lowest BCUT2D eigenvalue weighted by Gasteiger charge is -2.30. The summed E-state index contributed by atoms with van der Waals surface area (Å²) in [6.07, 6.45) is -8.34. The number of aliphatic hydroxyl groups is 2. The first-order valence-electron chi connectivity index (χ1n) is 14.4. The third-order valence-corrected chi connectivity index (χ3v) is 8.64. The van der Waals surface area contributed by atoms with Crippen molar-refractivity contribution in [2.24, 2.45) is 5.92 Å². The predicted molar refractivity (Wildman–Crippen MR) is 162 cm³/mol. The van der Waals surface area contributed by atoms with Gasteiger partial charge in [-0.1, -0.05) is 68.4 Å². The van der Waals surface area contributed by atoms with Crippen LogP contribution >= 0.6 is 0 Å². The lowest BCUT2D eigenvalue weighted by atomic mass is 10.0. The predicted octanol–water partition coefficient (Wildman–Crippen LogP) is 4.29. The van der Waals surface area contributed by atoms with E-state index >= 15 is 0 Å². The van der Waals surface area contributed by atoms with Gasteiger partial charge < -0.3 is 20.3 Å². The number of ether oxygens (including phenoxy) is 1. The second kappa shape index (κ2) is 15.0. The van der Waals surface area contributed by atoms with Crippen LogP contribution in [-0.2, 0) is 39.7 Å². The van der Waals surface area contributed by atoms with Crippen LogP contribution in [0.1, 0.15) is 30.5 Å². The van der Waals surface area contributed by atoms with Crippen molar-refractivity contribution >= 4 is 28.7 Å². The van der Waals surface area contributed by atoms with E-state index in [4.69, 9.17) is 4.74 Å². The fourth-order valence-corrected chi connectivity index (χ4v) is 6.37. The average molecular weight is 648 g/mol. The molecule has 1 aliphatic heterocycles. The summed E-state index contributed by atoms with van der Waals surface area (Å²) in [5, 5.41) is 23.5. The number of cyclic esters (lactones) is 1. The molecule has 3 N–H and O–H groups in total. The number of hydrogen-bond acceptors (Lipinski definition) is 6. The second-order valence-corrected chi connectivity index (χ2v) is 12.6. The van der Waals surface area contributed by atoms with Crippen molar-refractivity contribution in [2.45, 2.75) is 56.2 Å². The number of carbonyl (C=O) groups is 2. The van der Waals surface area contributed by atoms with Gasteiger partial charge in [0.1, 0.15) is 11.0 Å². The van der Waals surface area contributed by atoms with Gasteiger partial charge in [-0.25, -0.2) is 13.3 Å². The Balaban J connectivity index is 1.53. The Hall–Kier alpha value is -3.78. The summed E-state index contributed by atoms with van der Waals surface area (Å²) >= 11 is 0. The van der Waals surface area contributed by atoms with Gasteiger partial charge in [0.2, 0.25) is 0 Å². The van der Waals surface area contributed by atoms with Crippen LogP contribution in [0.25, 0.3) is 0 Å². The first kappa shape index (κ1) is 34.1. The van der Waals surface area contributed by atoms with Crippen molar-refractivity contribution in [3.8, 4) is 0 Å². The lowest BCUT2D eigenvalue weighted by Crippen LogP contribution is -2.53. The zero-order chi connectivity index (χ0) is 32.7. The number of aliphatic hydroxyl groups excluding tert-OH is 2. The lowest BCUT2D eigenvalue weighted by molar-refractivity contribution is -0.137. The van der Waals surface area contributed by atoms with Crippen LogP contribution in [0.4, 0.5) is 23.7 Å². The maximum absolute atomic E-state index is 13.6. The molecule has 13 heteroatoms. The molecule has 242 valence electrons. The van der Waals surface area contributed by atoms with Gasteiger partial charge in [-0.05, 0) is 47.7 Å². The third kappa shape index (κ3) is 8.91. The molecule has 4 atom stereocenters. The van der Waals surface area contributed by atoms with Gasteiger partial charge in [-0.3, -0.25) is 9.69 Å². The molecule has 0 aromatic heterocycles.